The highest BCUT2D eigenvalue weighted by molar-refractivity contribution is 5.94. The molecule has 1 saturated carbocycles. The number of hydrogen-bond donors (Lipinski definition) is 0. The molecule has 1 aromatic carbocycles. The molecule has 1 aliphatic rings. The molecule has 0 radical (unpaired) electrons. The minimum Gasteiger partial charge on any atom is -0.497 e. The molecule has 1 amide bonds. The maximum atomic E-state index is 13.5. The molecule has 1 fully saturated rings. The van der Waals surface area contributed by atoms with E-state index in [1.54, 1.807) is 44.5 Å². The molecule has 196 valence electrons. The van der Waals surface area contributed by atoms with Gasteiger partial charge in [-0.3, -0.25) is 14.0 Å². The Morgan fingerprint density at radius 1 is 1.08 bits per heavy atom. The van der Waals surface area contributed by atoms with Crippen LogP contribution in [0.5, 0.6) is 5.75 Å². The van der Waals surface area contributed by atoms with E-state index < -0.39 is 11.9 Å². The lowest BCUT2D eigenvalue weighted by Crippen LogP contribution is -2.35. The van der Waals surface area contributed by atoms with Crippen molar-refractivity contribution in [3.63, 3.8) is 0 Å². The normalized spacial score (nSPS) is 14.6. The van der Waals surface area contributed by atoms with E-state index in [1.807, 2.05) is 22.8 Å². The average molecular weight is 515 g/mol. The summed E-state index contributed by atoms with van der Waals surface area (Å²) in [6.07, 6.45) is 6.45. The predicted molar refractivity (Wildman–Crippen MR) is 142 cm³/mol. The molecule has 0 atom stereocenters. The van der Waals surface area contributed by atoms with Gasteiger partial charge in [0.05, 0.1) is 25.5 Å². The number of ether oxygens (including phenoxy) is 2. The van der Waals surface area contributed by atoms with E-state index >= 15 is 0 Å². The summed E-state index contributed by atoms with van der Waals surface area (Å²) in [6, 6.07) is 13.9. The molecule has 3 aromatic heterocycles. The SMILES string of the molecule is CCOC(=O)c1cc2c(=O)n3ccccc3nc2n(C2CCCCC2)c1=NC(=O)Cc1ccc(OC)cc1. The molecule has 0 aliphatic heterocycles. The zero-order valence-corrected chi connectivity index (χ0v) is 21.6. The van der Waals surface area contributed by atoms with Crippen LogP contribution >= 0.6 is 0 Å². The first-order valence-corrected chi connectivity index (χ1v) is 12.9. The van der Waals surface area contributed by atoms with E-state index in [0.717, 1.165) is 37.7 Å². The lowest BCUT2D eigenvalue weighted by Gasteiger charge is -2.27. The lowest BCUT2D eigenvalue weighted by molar-refractivity contribution is -0.117. The van der Waals surface area contributed by atoms with Crippen LogP contribution in [0.25, 0.3) is 16.7 Å². The van der Waals surface area contributed by atoms with E-state index in [9.17, 15) is 14.4 Å². The number of aromatic nitrogens is 3. The van der Waals surface area contributed by atoms with Crippen molar-refractivity contribution in [3.8, 4) is 5.75 Å². The van der Waals surface area contributed by atoms with Gasteiger partial charge >= 0.3 is 5.97 Å². The fourth-order valence-electron chi connectivity index (χ4n) is 5.07. The summed E-state index contributed by atoms with van der Waals surface area (Å²) in [5.74, 6) is -0.355. The molecule has 0 unspecified atom stereocenters. The van der Waals surface area contributed by atoms with E-state index in [0.29, 0.717) is 17.0 Å². The summed E-state index contributed by atoms with van der Waals surface area (Å²) in [7, 11) is 1.58. The third kappa shape index (κ3) is 4.96. The topological polar surface area (TPSA) is 104 Å². The summed E-state index contributed by atoms with van der Waals surface area (Å²) in [4.78, 5) is 49.3. The van der Waals surface area contributed by atoms with Gasteiger partial charge < -0.3 is 14.0 Å². The first-order chi connectivity index (χ1) is 18.5. The molecule has 0 saturated heterocycles. The van der Waals surface area contributed by atoms with Crippen LogP contribution in [0.3, 0.4) is 0 Å². The second-order valence-electron chi connectivity index (χ2n) is 9.38. The third-order valence-corrected chi connectivity index (χ3v) is 6.92. The van der Waals surface area contributed by atoms with Gasteiger partial charge in [0.2, 0.25) is 0 Å². The summed E-state index contributed by atoms with van der Waals surface area (Å²) in [5.41, 5.74) is 1.64. The van der Waals surface area contributed by atoms with Crippen molar-refractivity contribution in [1.29, 1.82) is 0 Å². The number of rotatable bonds is 6. The van der Waals surface area contributed by atoms with Gasteiger partial charge in [-0.05, 0) is 55.7 Å². The monoisotopic (exact) mass is 514 g/mol. The van der Waals surface area contributed by atoms with E-state index in [1.165, 1.54) is 10.5 Å². The molecule has 0 spiro atoms. The van der Waals surface area contributed by atoms with Crippen molar-refractivity contribution in [2.45, 2.75) is 51.5 Å². The maximum absolute atomic E-state index is 13.5. The fourth-order valence-corrected chi connectivity index (χ4v) is 5.07. The van der Waals surface area contributed by atoms with E-state index in [2.05, 4.69) is 4.99 Å². The van der Waals surface area contributed by atoms with Gasteiger partial charge in [0, 0.05) is 12.2 Å². The number of fused-ring (bicyclic) bond motifs is 2. The van der Waals surface area contributed by atoms with Crippen molar-refractivity contribution in [2.75, 3.05) is 13.7 Å². The van der Waals surface area contributed by atoms with Crippen molar-refractivity contribution < 1.29 is 19.1 Å². The number of nitrogens with zero attached hydrogens (tertiary/aromatic N) is 4. The molecule has 38 heavy (non-hydrogen) atoms. The Bertz CT molecular complexity index is 1630. The Labute approximate surface area is 219 Å². The molecule has 1 aliphatic carbocycles. The first-order valence-electron chi connectivity index (χ1n) is 12.9. The summed E-state index contributed by atoms with van der Waals surface area (Å²) in [5, 5.41) is 0.281. The van der Waals surface area contributed by atoms with Gasteiger partial charge in [0.1, 0.15) is 22.6 Å². The molecule has 0 N–H and O–H groups in total. The first kappa shape index (κ1) is 25.4. The maximum Gasteiger partial charge on any atom is 0.341 e. The van der Waals surface area contributed by atoms with Crippen molar-refractivity contribution in [1.82, 2.24) is 14.0 Å². The minimum absolute atomic E-state index is 0.0444. The number of amides is 1. The molecular formula is C29H30N4O5. The molecule has 0 bridgehead atoms. The van der Waals surface area contributed by atoms with Crippen LogP contribution in [0.15, 0.2) is 64.5 Å². The number of hydrogen-bond acceptors (Lipinski definition) is 6. The number of esters is 1. The van der Waals surface area contributed by atoms with Gasteiger partial charge in [-0.15, -0.1) is 0 Å². The van der Waals surface area contributed by atoms with Crippen LogP contribution in [0.4, 0.5) is 0 Å². The zero-order valence-electron chi connectivity index (χ0n) is 21.6. The van der Waals surface area contributed by atoms with Crippen LogP contribution in [-0.2, 0) is 16.0 Å². The lowest BCUT2D eigenvalue weighted by atomic mass is 9.94. The summed E-state index contributed by atoms with van der Waals surface area (Å²) >= 11 is 0. The molecule has 9 heteroatoms. The average Bonchev–Trinajstić information content (AvgIpc) is 2.94. The number of methoxy groups -OCH3 is 1. The van der Waals surface area contributed by atoms with Gasteiger partial charge in [0.25, 0.3) is 11.5 Å². The zero-order chi connectivity index (χ0) is 26.6. The van der Waals surface area contributed by atoms with E-state index in [-0.39, 0.29) is 41.1 Å². The number of pyridine rings is 2. The highest BCUT2D eigenvalue weighted by Crippen LogP contribution is 2.29. The number of carbonyl (C=O) groups excluding carboxylic acids is 2. The molecule has 9 nitrogen and oxygen atoms in total. The predicted octanol–water partition coefficient (Wildman–Crippen LogP) is 4.01. The molecule has 5 rings (SSSR count). The number of benzene rings is 1. The Morgan fingerprint density at radius 2 is 1.84 bits per heavy atom. The fraction of sp³-hybridized carbons (Fsp3) is 0.345. The van der Waals surface area contributed by atoms with Crippen molar-refractivity contribution in [3.05, 3.63) is 81.7 Å². The largest absolute Gasteiger partial charge is 0.497 e. The van der Waals surface area contributed by atoms with Crippen LogP contribution in [0, 0.1) is 0 Å². The second-order valence-corrected chi connectivity index (χ2v) is 9.38. The van der Waals surface area contributed by atoms with Crippen LogP contribution in [0.2, 0.25) is 0 Å². The Kier molecular flexibility index (Phi) is 7.35. The van der Waals surface area contributed by atoms with Crippen molar-refractivity contribution >= 4 is 28.6 Å². The van der Waals surface area contributed by atoms with Crippen molar-refractivity contribution in [2.24, 2.45) is 4.99 Å². The van der Waals surface area contributed by atoms with Gasteiger partial charge in [-0.25, -0.2) is 9.78 Å². The summed E-state index contributed by atoms with van der Waals surface area (Å²) in [6.45, 7) is 1.86. The minimum atomic E-state index is -0.632. The second kappa shape index (κ2) is 11.0. The van der Waals surface area contributed by atoms with Crippen LogP contribution in [0.1, 0.15) is 61.0 Å². The molecular weight excluding hydrogens is 484 g/mol. The van der Waals surface area contributed by atoms with Crippen LogP contribution < -0.4 is 15.8 Å². The Balaban J connectivity index is 1.77. The van der Waals surface area contributed by atoms with Gasteiger partial charge in [-0.1, -0.05) is 37.5 Å². The highest BCUT2D eigenvalue weighted by Gasteiger charge is 2.25. The number of carbonyl (C=O) groups is 2. The smallest absolute Gasteiger partial charge is 0.341 e. The van der Waals surface area contributed by atoms with E-state index in [4.69, 9.17) is 14.5 Å². The highest BCUT2D eigenvalue weighted by atomic mass is 16.5. The molecule has 4 aromatic rings. The van der Waals surface area contributed by atoms with Gasteiger partial charge in [-0.2, -0.15) is 4.99 Å². The summed E-state index contributed by atoms with van der Waals surface area (Å²) < 4.78 is 13.8. The third-order valence-electron chi connectivity index (χ3n) is 6.92. The quantitative estimate of drug-likeness (QED) is 0.284. The van der Waals surface area contributed by atoms with Crippen LogP contribution in [-0.4, -0.2) is 39.5 Å². The Hall–Kier alpha value is -4.27. The Morgan fingerprint density at radius 3 is 2.55 bits per heavy atom. The van der Waals surface area contributed by atoms with Gasteiger partial charge in [0.15, 0.2) is 5.49 Å². The molecule has 3 heterocycles. The standard InChI is InChI=1S/C29H30N4O5/c1-3-38-29(36)23-18-22-26(30-24-11-7-8-16-32(24)28(22)35)33(20-9-5-4-6-10-20)27(23)31-25(34)17-19-12-14-21(37-2)15-13-19/h7-8,11-16,18,20H,3-6,9-10,17H2,1-2H3.